The van der Waals surface area contributed by atoms with Gasteiger partial charge in [-0.2, -0.15) is 0 Å². The Morgan fingerprint density at radius 1 is 1.62 bits per heavy atom. The second-order valence-corrected chi connectivity index (χ2v) is 6.67. The number of alkyl halides is 4. The van der Waals surface area contributed by atoms with Gasteiger partial charge in [-0.3, -0.25) is 4.79 Å². The second-order valence-electron chi connectivity index (χ2n) is 2.98. The first-order valence-corrected chi connectivity index (χ1v) is 5.80. The summed E-state index contributed by atoms with van der Waals surface area (Å²) in [6, 6.07) is 0. The topological polar surface area (TPSA) is 26.3 Å². The van der Waals surface area contributed by atoms with Gasteiger partial charge >= 0.3 is 5.97 Å². The monoisotopic (exact) mass is 308 g/mol. The van der Waals surface area contributed by atoms with Gasteiger partial charge in [0.2, 0.25) is 0 Å². The number of ether oxygens (including phenoxy) is 1. The van der Waals surface area contributed by atoms with E-state index in [0.29, 0.717) is 19.4 Å². The fourth-order valence-corrected chi connectivity index (χ4v) is 3.03. The summed E-state index contributed by atoms with van der Waals surface area (Å²) in [5, 5.41) is 0. The molecule has 1 heterocycles. The predicted octanol–water partition coefficient (Wildman–Crippen LogP) is 3.07. The highest BCUT2D eigenvalue weighted by molar-refractivity contribution is 9.09. The van der Waals surface area contributed by atoms with Gasteiger partial charge in [0.25, 0.3) is 0 Å². The van der Waals surface area contributed by atoms with E-state index in [4.69, 9.17) is 39.5 Å². The summed E-state index contributed by atoms with van der Waals surface area (Å²) in [6.45, 7) is 0.412. The minimum Gasteiger partial charge on any atom is -0.465 e. The average molecular weight is 310 g/mol. The van der Waals surface area contributed by atoms with Crippen molar-refractivity contribution in [3.63, 3.8) is 0 Å². The molecule has 0 aromatic heterocycles. The highest BCUT2D eigenvalue weighted by Crippen LogP contribution is 2.37. The lowest BCUT2D eigenvalue weighted by Gasteiger charge is -2.19. The Morgan fingerprint density at radius 2 is 2.23 bits per heavy atom. The Balaban J connectivity index is 2.40. The number of rotatable bonds is 2. The molecule has 1 fully saturated rings. The predicted molar refractivity (Wildman–Crippen MR) is 56.7 cm³/mol. The van der Waals surface area contributed by atoms with Crippen LogP contribution < -0.4 is 0 Å². The first kappa shape index (κ1) is 11.9. The van der Waals surface area contributed by atoms with E-state index < -0.39 is 3.79 Å². The molecular formula is C7H8BrCl3O2. The third-order valence-electron chi connectivity index (χ3n) is 1.83. The molecule has 76 valence electrons. The van der Waals surface area contributed by atoms with E-state index in [0.717, 1.165) is 0 Å². The number of carbonyl (C=O) groups excluding carboxylic acids is 1. The summed E-state index contributed by atoms with van der Waals surface area (Å²) >= 11 is 20.2. The lowest BCUT2D eigenvalue weighted by atomic mass is 10.0. The van der Waals surface area contributed by atoms with Crippen LogP contribution in [0.5, 0.6) is 0 Å². The summed E-state index contributed by atoms with van der Waals surface area (Å²) in [7, 11) is 0. The van der Waals surface area contributed by atoms with Crippen molar-refractivity contribution < 1.29 is 9.53 Å². The summed E-state index contributed by atoms with van der Waals surface area (Å²) in [6.07, 6.45) is 0.773. The molecule has 2 atom stereocenters. The van der Waals surface area contributed by atoms with Crippen molar-refractivity contribution in [1.82, 2.24) is 0 Å². The maximum absolute atomic E-state index is 10.8. The SMILES string of the molecule is O=C1CC(C(Br)CC(Cl)(Cl)Cl)CO1. The molecule has 0 aromatic rings. The standard InChI is InChI=1S/C7H8BrCl3O2/c8-5(2-7(9,10)11)4-1-6(12)13-3-4/h4-5H,1-3H2. The fraction of sp³-hybridized carbons (Fsp3) is 0.857. The third-order valence-corrected chi connectivity index (χ3v) is 3.36. The van der Waals surface area contributed by atoms with Gasteiger partial charge in [0.15, 0.2) is 3.79 Å². The molecule has 0 spiro atoms. The number of hydrogen-bond acceptors (Lipinski definition) is 2. The van der Waals surface area contributed by atoms with Gasteiger partial charge in [0.1, 0.15) is 0 Å². The Kier molecular flexibility index (Phi) is 4.17. The van der Waals surface area contributed by atoms with E-state index in [2.05, 4.69) is 15.9 Å². The molecule has 6 heteroatoms. The maximum Gasteiger partial charge on any atom is 0.306 e. The van der Waals surface area contributed by atoms with Crippen LogP contribution in [0.4, 0.5) is 0 Å². The van der Waals surface area contributed by atoms with E-state index in [1.54, 1.807) is 0 Å². The van der Waals surface area contributed by atoms with Crippen molar-refractivity contribution in [3.05, 3.63) is 0 Å². The van der Waals surface area contributed by atoms with Crippen LogP contribution in [-0.4, -0.2) is 21.2 Å². The molecule has 1 aliphatic heterocycles. The average Bonchev–Trinajstić information content (AvgIpc) is 2.31. The minimum absolute atomic E-state index is 0.00597. The van der Waals surface area contributed by atoms with Crippen molar-refractivity contribution in [2.75, 3.05) is 6.61 Å². The Bertz CT molecular complexity index is 204. The molecule has 0 amide bonds. The molecule has 0 saturated carbocycles. The third kappa shape index (κ3) is 4.24. The number of carbonyl (C=O) groups is 1. The lowest BCUT2D eigenvalue weighted by molar-refractivity contribution is -0.137. The lowest BCUT2D eigenvalue weighted by Crippen LogP contribution is -2.20. The molecule has 1 aliphatic rings. The molecule has 0 bridgehead atoms. The van der Waals surface area contributed by atoms with Gasteiger partial charge in [-0.25, -0.2) is 0 Å². The maximum atomic E-state index is 10.8. The Morgan fingerprint density at radius 3 is 2.62 bits per heavy atom. The van der Waals surface area contributed by atoms with Crippen molar-refractivity contribution >= 4 is 56.7 Å². The normalized spacial score (nSPS) is 25.8. The number of hydrogen-bond donors (Lipinski definition) is 0. The van der Waals surface area contributed by atoms with Gasteiger partial charge in [0.05, 0.1) is 13.0 Å². The molecule has 0 N–H and O–H groups in total. The van der Waals surface area contributed by atoms with Crippen LogP contribution in [0.1, 0.15) is 12.8 Å². The number of esters is 1. The summed E-state index contributed by atoms with van der Waals surface area (Å²) in [4.78, 5) is 10.8. The molecule has 1 saturated heterocycles. The van der Waals surface area contributed by atoms with Crippen LogP contribution in [-0.2, 0) is 9.53 Å². The van der Waals surface area contributed by atoms with E-state index >= 15 is 0 Å². The zero-order chi connectivity index (χ0) is 10.1. The zero-order valence-electron chi connectivity index (χ0n) is 6.60. The van der Waals surface area contributed by atoms with Gasteiger partial charge in [0, 0.05) is 17.2 Å². The Labute approximate surface area is 100.0 Å². The quantitative estimate of drug-likeness (QED) is 0.579. The van der Waals surface area contributed by atoms with E-state index in [9.17, 15) is 4.79 Å². The molecule has 13 heavy (non-hydrogen) atoms. The molecule has 0 aromatic carbocycles. The Hall–Kier alpha value is 0.820. The van der Waals surface area contributed by atoms with E-state index in [-0.39, 0.29) is 16.7 Å². The van der Waals surface area contributed by atoms with Gasteiger partial charge < -0.3 is 4.74 Å². The molecule has 2 nitrogen and oxygen atoms in total. The minimum atomic E-state index is -1.28. The fourth-order valence-electron chi connectivity index (χ4n) is 1.15. The number of halogens is 4. The second kappa shape index (κ2) is 4.56. The van der Waals surface area contributed by atoms with Gasteiger partial charge in [-0.05, 0) is 0 Å². The van der Waals surface area contributed by atoms with Crippen LogP contribution in [0.15, 0.2) is 0 Å². The highest BCUT2D eigenvalue weighted by atomic mass is 79.9. The van der Waals surface area contributed by atoms with Crippen molar-refractivity contribution in [3.8, 4) is 0 Å². The first-order chi connectivity index (χ1) is 5.88. The zero-order valence-corrected chi connectivity index (χ0v) is 10.5. The van der Waals surface area contributed by atoms with Crippen LogP contribution in [0, 0.1) is 5.92 Å². The molecular weight excluding hydrogens is 302 g/mol. The molecule has 0 aliphatic carbocycles. The van der Waals surface area contributed by atoms with Crippen LogP contribution >= 0.6 is 50.7 Å². The largest absolute Gasteiger partial charge is 0.465 e. The molecule has 1 rings (SSSR count). The summed E-state index contributed by atoms with van der Waals surface area (Å²) in [5.74, 6) is -0.0677. The van der Waals surface area contributed by atoms with Crippen molar-refractivity contribution in [2.24, 2.45) is 5.92 Å². The smallest absolute Gasteiger partial charge is 0.306 e. The van der Waals surface area contributed by atoms with Crippen LogP contribution in [0.2, 0.25) is 0 Å². The van der Waals surface area contributed by atoms with E-state index in [1.165, 1.54) is 0 Å². The van der Waals surface area contributed by atoms with Crippen LogP contribution in [0.3, 0.4) is 0 Å². The highest BCUT2D eigenvalue weighted by Gasteiger charge is 2.34. The van der Waals surface area contributed by atoms with Gasteiger partial charge in [-0.15, -0.1) is 0 Å². The number of cyclic esters (lactones) is 1. The molecule has 0 radical (unpaired) electrons. The van der Waals surface area contributed by atoms with Crippen molar-refractivity contribution in [1.29, 1.82) is 0 Å². The first-order valence-electron chi connectivity index (χ1n) is 3.75. The van der Waals surface area contributed by atoms with Crippen molar-refractivity contribution in [2.45, 2.75) is 21.5 Å². The summed E-state index contributed by atoms with van der Waals surface area (Å²) in [5.41, 5.74) is 0. The molecule has 2 unspecified atom stereocenters. The van der Waals surface area contributed by atoms with Crippen LogP contribution in [0.25, 0.3) is 0 Å². The van der Waals surface area contributed by atoms with E-state index in [1.807, 2.05) is 0 Å². The van der Waals surface area contributed by atoms with Gasteiger partial charge in [-0.1, -0.05) is 50.7 Å². The summed E-state index contributed by atoms with van der Waals surface area (Å²) < 4.78 is 3.52.